The van der Waals surface area contributed by atoms with Gasteiger partial charge in [-0.05, 0) is 54.8 Å². The number of halogens is 2. The van der Waals surface area contributed by atoms with Crippen molar-refractivity contribution in [2.45, 2.75) is 30.9 Å². The number of ether oxygens (including phenoxy) is 1. The summed E-state index contributed by atoms with van der Waals surface area (Å²) in [5.74, 6) is -1.69. The summed E-state index contributed by atoms with van der Waals surface area (Å²) >= 11 is 6.07. The Kier molecular flexibility index (Phi) is 7.80. The van der Waals surface area contributed by atoms with Crippen LogP contribution < -0.4 is 16.0 Å². The Morgan fingerprint density at radius 3 is 2.54 bits per heavy atom. The molecule has 3 aromatic carbocycles. The van der Waals surface area contributed by atoms with Gasteiger partial charge in [0.15, 0.2) is 11.4 Å². The fraction of sp³-hybridized carbons (Fsp3) is 0.241. The lowest BCUT2D eigenvalue weighted by Crippen LogP contribution is -2.57. The van der Waals surface area contributed by atoms with Crippen LogP contribution in [0.25, 0.3) is 0 Å². The standard InChI is InChI=1S/C29H26ClFN4O6/c30-20-11-12-21-23(24(20)31)29(41-28(40)34-21)13-4-14-35(16-29)26(37)22(15-17-5-2-1-3-6-17)33-25(36)18-7-9-19(10-8-18)32-27(38)39/h1-3,5-12,22,32H,4,13-16H2,(H,33,36)(H,34,40)(H,38,39)/t22-,29?/m0/s1. The number of rotatable bonds is 6. The fourth-order valence-electron chi connectivity index (χ4n) is 5.30. The molecular weight excluding hydrogens is 555 g/mol. The van der Waals surface area contributed by atoms with Crippen LogP contribution >= 0.6 is 11.6 Å². The summed E-state index contributed by atoms with van der Waals surface area (Å²) in [5, 5.41) is 16.3. The molecule has 1 unspecified atom stereocenters. The third-order valence-electron chi connectivity index (χ3n) is 7.13. The summed E-state index contributed by atoms with van der Waals surface area (Å²) in [6.07, 6.45) is -1.14. The summed E-state index contributed by atoms with van der Waals surface area (Å²) < 4.78 is 21.0. The number of hydrogen-bond donors (Lipinski definition) is 4. The first-order chi connectivity index (χ1) is 19.6. The van der Waals surface area contributed by atoms with Crippen molar-refractivity contribution in [3.8, 4) is 0 Å². The lowest BCUT2D eigenvalue weighted by molar-refractivity contribution is -0.141. The molecule has 1 saturated heterocycles. The first-order valence-corrected chi connectivity index (χ1v) is 13.2. The van der Waals surface area contributed by atoms with Crippen molar-refractivity contribution in [1.29, 1.82) is 0 Å². The Balaban J connectivity index is 1.42. The molecule has 0 aliphatic carbocycles. The number of hydrogen-bond acceptors (Lipinski definition) is 5. The van der Waals surface area contributed by atoms with Gasteiger partial charge in [-0.15, -0.1) is 0 Å². The average molecular weight is 581 g/mol. The van der Waals surface area contributed by atoms with Gasteiger partial charge >= 0.3 is 12.2 Å². The van der Waals surface area contributed by atoms with Gasteiger partial charge in [-0.2, -0.15) is 0 Å². The van der Waals surface area contributed by atoms with E-state index in [0.717, 1.165) is 5.56 Å². The number of carbonyl (C=O) groups is 4. The largest absolute Gasteiger partial charge is 0.465 e. The summed E-state index contributed by atoms with van der Waals surface area (Å²) in [4.78, 5) is 52.0. The van der Waals surface area contributed by atoms with Crippen molar-refractivity contribution in [2.24, 2.45) is 0 Å². The van der Waals surface area contributed by atoms with Crippen LogP contribution in [0.15, 0.2) is 66.7 Å². The number of piperidine rings is 1. The molecule has 2 aliphatic heterocycles. The monoisotopic (exact) mass is 580 g/mol. The highest BCUT2D eigenvalue weighted by molar-refractivity contribution is 6.31. The Labute approximate surface area is 239 Å². The summed E-state index contributed by atoms with van der Waals surface area (Å²) in [6.45, 7) is 0.181. The number of carboxylic acid groups (broad SMARTS) is 1. The Bertz CT molecular complexity index is 1500. The smallest absolute Gasteiger partial charge is 0.412 e. The van der Waals surface area contributed by atoms with Gasteiger partial charge < -0.3 is 20.1 Å². The molecule has 10 nitrogen and oxygen atoms in total. The molecule has 2 heterocycles. The summed E-state index contributed by atoms with van der Waals surface area (Å²) in [5.41, 5.74) is 0.173. The number of anilines is 2. The molecule has 0 aromatic heterocycles. The fourth-order valence-corrected chi connectivity index (χ4v) is 5.46. The highest BCUT2D eigenvalue weighted by atomic mass is 35.5. The van der Waals surface area contributed by atoms with Gasteiger partial charge in [0.25, 0.3) is 5.91 Å². The van der Waals surface area contributed by atoms with Crippen LogP contribution in [0.4, 0.5) is 25.4 Å². The van der Waals surface area contributed by atoms with Crippen molar-refractivity contribution >= 4 is 47.0 Å². The zero-order valence-electron chi connectivity index (χ0n) is 21.7. The quantitative estimate of drug-likeness (QED) is 0.324. The summed E-state index contributed by atoms with van der Waals surface area (Å²) in [7, 11) is 0. The van der Waals surface area contributed by atoms with Crippen LogP contribution in [0.3, 0.4) is 0 Å². The molecule has 0 saturated carbocycles. The number of nitrogens with one attached hydrogen (secondary N) is 3. The van der Waals surface area contributed by atoms with Crippen LogP contribution in [0, 0.1) is 5.82 Å². The second-order valence-corrected chi connectivity index (χ2v) is 10.3. The predicted molar refractivity (Wildman–Crippen MR) is 148 cm³/mol. The van der Waals surface area contributed by atoms with Gasteiger partial charge in [0, 0.05) is 24.2 Å². The van der Waals surface area contributed by atoms with E-state index in [1.807, 2.05) is 30.3 Å². The van der Waals surface area contributed by atoms with Gasteiger partial charge in [-0.1, -0.05) is 41.9 Å². The van der Waals surface area contributed by atoms with Crippen LogP contribution in [0.2, 0.25) is 5.02 Å². The van der Waals surface area contributed by atoms with E-state index in [4.69, 9.17) is 21.4 Å². The number of fused-ring (bicyclic) bond motifs is 2. The zero-order chi connectivity index (χ0) is 29.1. The lowest BCUT2D eigenvalue weighted by Gasteiger charge is -2.45. The maximum absolute atomic E-state index is 15.3. The lowest BCUT2D eigenvalue weighted by atomic mass is 9.82. The molecule has 4 N–H and O–H groups in total. The molecule has 2 atom stereocenters. The average Bonchev–Trinajstić information content (AvgIpc) is 2.94. The van der Waals surface area contributed by atoms with Gasteiger partial charge in [-0.3, -0.25) is 20.2 Å². The number of carbonyl (C=O) groups excluding carboxylic acids is 3. The van der Waals surface area contributed by atoms with Crippen molar-refractivity contribution in [3.63, 3.8) is 0 Å². The van der Waals surface area contributed by atoms with Gasteiger partial charge in [-0.25, -0.2) is 14.0 Å². The highest BCUT2D eigenvalue weighted by Gasteiger charge is 2.49. The number of benzene rings is 3. The molecule has 4 amide bonds. The predicted octanol–water partition coefficient (Wildman–Crippen LogP) is 4.99. The number of likely N-dealkylation sites (tertiary alicyclic amines) is 1. The van der Waals surface area contributed by atoms with Crippen molar-refractivity contribution < 1.29 is 33.4 Å². The van der Waals surface area contributed by atoms with Crippen LogP contribution in [0.1, 0.15) is 34.3 Å². The van der Waals surface area contributed by atoms with E-state index in [2.05, 4.69) is 16.0 Å². The minimum Gasteiger partial charge on any atom is -0.465 e. The second kappa shape index (κ2) is 11.5. The maximum Gasteiger partial charge on any atom is 0.412 e. The molecule has 1 spiro atoms. The van der Waals surface area contributed by atoms with Crippen molar-refractivity contribution in [3.05, 3.63) is 94.3 Å². The maximum atomic E-state index is 15.3. The van der Waals surface area contributed by atoms with E-state index in [0.29, 0.717) is 13.0 Å². The number of amides is 4. The minimum absolute atomic E-state index is 0.0841. The first-order valence-electron chi connectivity index (χ1n) is 12.9. The molecule has 1 fully saturated rings. The Morgan fingerprint density at radius 2 is 1.83 bits per heavy atom. The molecule has 212 valence electrons. The van der Waals surface area contributed by atoms with Crippen LogP contribution in [0.5, 0.6) is 0 Å². The molecule has 12 heteroatoms. The normalized spacial score (nSPS) is 18.5. The topological polar surface area (TPSA) is 137 Å². The highest BCUT2D eigenvalue weighted by Crippen LogP contribution is 2.45. The first kappa shape index (κ1) is 27.9. The Hall–Kier alpha value is -4.64. The molecule has 3 aromatic rings. The van der Waals surface area contributed by atoms with E-state index in [1.54, 1.807) is 0 Å². The molecule has 0 bridgehead atoms. The number of nitrogens with zero attached hydrogens (tertiary/aromatic N) is 1. The van der Waals surface area contributed by atoms with E-state index < -0.39 is 41.5 Å². The van der Waals surface area contributed by atoms with Crippen LogP contribution in [-0.2, 0) is 21.6 Å². The van der Waals surface area contributed by atoms with E-state index >= 15 is 4.39 Å². The SMILES string of the molecule is O=C(O)Nc1ccc(C(=O)N[C@@H](Cc2ccccc2)C(=O)N2CCCC3(C2)OC(=O)Nc2ccc(Cl)c(F)c23)cc1. The third-order valence-corrected chi connectivity index (χ3v) is 7.42. The molecule has 41 heavy (non-hydrogen) atoms. The summed E-state index contributed by atoms with van der Waals surface area (Å²) in [6, 6.07) is 16.7. The molecule has 5 rings (SSSR count). The Morgan fingerprint density at radius 1 is 1.10 bits per heavy atom. The minimum atomic E-state index is -1.45. The van der Waals surface area contributed by atoms with E-state index in [-0.39, 0.29) is 46.9 Å². The molecule has 0 radical (unpaired) electrons. The van der Waals surface area contributed by atoms with Gasteiger partial charge in [0.1, 0.15) is 6.04 Å². The van der Waals surface area contributed by atoms with Crippen LogP contribution in [-0.4, -0.2) is 53.1 Å². The van der Waals surface area contributed by atoms with Gasteiger partial charge in [0.2, 0.25) is 5.91 Å². The van der Waals surface area contributed by atoms with E-state index in [9.17, 15) is 19.2 Å². The van der Waals surface area contributed by atoms with Crippen molar-refractivity contribution in [1.82, 2.24) is 10.2 Å². The third kappa shape index (κ3) is 5.94. The van der Waals surface area contributed by atoms with E-state index in [1.165, 1.54) is 41.3 Å². The van der Waals surface area contributed by atoms with Crippen molar-refractivity contribution in [2.75, 3.05) is 23.7 Å². The molecule has 2 aliphatic rings. The zero-order valence-corrected chi connectivity index (χ0v) is 22.4. The second-order valence-electron chi connectivity index (χ2n) is 9.88. The molecular formula is C29H26ClFN4O6. The van der Waals surface area contributed by atoms with Gasteiger partial charge in [0.05, 0.1) is 22.8 Å².